The number of esters is 1. The standard InChI is InChI=1S/C31H25F2O3S/c1-31(2,21-20-23-6-4-3-5-7-23)36-30(34)22-35-26-12-18-29(19-13-26)37(27-14-8-24(32)9-15-27)28-16-10-25(33)11-17-28/h3-19H,22H2,1-2H3/q+1. The number of rotatable bonds is 7. The fraction of sp³-hybridized carbons (Fsp3) is 0.129. The van der Waals surface area contributed by atoms with E-state index >= 15 is 0 Å². The quantitative estimate of drug-likeness (QED) is 0.154. The van der Waals surface area contributed by atoms with Crippen molar-refractivity contribution in [1.82, 2.24) is 0 Å². The first kappa shape index (κ1) is 26.0. The lowest BCUT2D eigenvalue weighted by Gasteiger charge is -2.19. The van der Waals surface area contributed by atoms with Crippen LogP contribution in [-0.4, -0.2) is 18.2 Å². The molecule has 37 heavy (non-hydrogen) atoms. The van der Waals surface area contributed by atoms with Crippen molar-refractivity contribution in [1.29, 1.82) is 0 Å². The highest BCUT2D eigenvalue weighted by atomic mass is 32.2. The van der Waals surface area contributed by atoms with Gasteiger partial charge in [0.05, 0.1) is 10.9 Å². The fourth-order valence-electron chi connectivity index (χ4n) is 3.45. The van der Waals surface area contributed by atoms with E-state index in [1.807, 2.05) is 42.5 Å². The van der Waals surface area contributed by atoms with Gasteiger partial charge in [0.15, 0.2) is 26.9 Å². The Balaban J connectivity index is 1.42. The van der Waals surface area contributed by atoms with Crippen LogP contribution in [0.25, 0.3) is 0 Å². The lowest BCUT2D eigenvalue weighted by Crippen LogP contribution is -2.29. The average Bonchev–Trinajstić information content (AvgIpc) is 2.90. The predicted molar refractivity (Wildman–Crippen MR) is 140 cm³/mol. The molecule has 6 heteroatoms. The molecule has 0 unspecified atom stereocenters. The second kappa shape index (κ2) is 11.8. The topological polar surface area (TPSA) is 35.5 Å². The molecule has 0 aliphatic heterocycles. The number of carbonyl (C=O) groups excluding carboxylic acids is 1. The first-order chi connectivity index (χ1) is 17.8. The summed E-state index contributed by atoms with van der Waals surface area (Å²) in [7, 11) is -0.580. The molecule has 0 aromatic heterocycles. The molecule has 4 aromatic rings. The van der Waals surface area contributed by atoms with Gasteiger partial charge in [0.25, 0.3) is 0 Å². The van der Waals surface area contributed by atoms with Crippen molar-refractivity contribution in [3.63, 3.8) is 0 Å². The zero-order chi connectivity index (χ0) is 26.3. The monoisotopic (exact) mass is 515 g/mol. The van der Waals surface area contributed by atoms with Gasteiger partial charge in [-0.1, -0.05) is 30.0 Å². The second-order valence-electron chi connectivity index (χ2n) is 8.57. The molecular weight excluding hydrogens is 490 g/mol. The first-order valence-corrected chi connectivity index (χ1v) is 12.8. The van der Waals surface area contributed by atoms with Crippen LogP contribution >= 0.6 is 0 Å². The third-order valence-corrected chi connectivity index (χ3v) is 7.40. The SMILES string of the molecule is CC(C)(C#Cc1ccccc1)OC(=O)COc1ccc([S+](c2ccc(F)cc2)c2ccc(F)cc2)cc1. The molecule has 0 bridgehead atoms. The van der Waals surface area contributed by atoms with Gasteiger partial charge in [-0.25, -0.2) is 13.6 Å². The van der Waals surface area contributed by atoms with Crippen molar-refractivity contribution < 1.29 is 23.0 Å². The Morgan fingerprint density at radius 1 is 0.757 bits per heavy atom. The van der Waals surface area contributed by atoms with Gasteiger partial charge in [-0.05, 0) is 98.8 Å². The van der Waals surface area contributed by atoms with Crippen LogP contribution in [-0.2, 0) is 20.4 Å². The molecule has 0 fully saturated rings. The van der Waals surface area contributed by atoms with E-state index in [2.05, 4.69) is 11.8 Å². The van der Waals surface area contributed by atoms with E-state index in [0.29, 0.717) is 5.75 Å². The summed E-state index contributed by atoms with van der Waals surface area (Å²) in [6.45, 7) is 3.18. The normalized spacial score (nSPS) is 10.9. The molecule has 0 saturated heterocycles. The van der Waals surface area contributed by atoms with Gasteiger partial charge in [0, 0.05) is 5.56 Å². The number of halogens is 2. The summed E-state index contributed by atoms with van der Waals surface area (Å²) in [6, 6.07) is 29.3. The Morgan fingerprint density at radius 3 is 1.76 bits per heavy atom. The van der Waals surface area contributed by atoms with Gasteiger partial charge >= 0.3 is 5.97 Å². The Bertz CT molecular complexity index is 1340. The highest BCUT2D eigenvalue weighted by Gasteiger charge is 2.29. The maximum Gasteiger partial charge on any atom is 0.345 e. The van der Waals surface area contributed by atoms with Crippen LogP contribution in [0.15, 0.2) is 118 Å². The Hall–Kier alpha value is -4.08. The minimum absolute atomic E-state index is 0.266. The van der Waals surface area contributed by atoms with E-state index in [1.54, 1.807) is 50.2 Å². The summed E-state index contributed by atoms with van der Waals surface area (Å²) in [5.41, 5.74) is -0.137. The molecule has 0 amide bonds. The van der Waals surface area contributed by atoms with Crippen molar-refractivity contribution in [2.24, 2.45) is 0 Å². The summed E-state index contributed by atoms with van der Waals surface area (Å²) >= 11 is 0. The smallest absolute Gasteiger partial charge is 0.345 e. The van der Waals surface area contributed by atoms with Gasteiger partial charge in [0.1, 0.15) is 17.4 Å². The van der Waals surface area contributed by atoms with Gasteiger partial charge in [-0.3, -0.25) is 0 Å². The van der Waals surface area contributed by atoms with E-state index in [4.69, 9.17) is 9.47 Å². The van der Waals surface area contributed by atoms with Crippen LogP contribution in [0.3, 0.4) is 0 Å². The van der Waals surface area contributed by atoms with Crippen molar-refractivity contribution in [3.05, 3.63) is 120 Å². The fourth-order valence-corrected chi connectivity index (χ4v) is 5.49. The number of hydrogen-bond acceptors (Lipinski definition) is 3. The van der Waals surface area contributed by atoms with Crippen molar-refractivity contribution in [2.75, 3.05) is 6.61 Å². The summed E-state index contributed by atoms with van der Waals surface area (Å²) in [5, 5.41) is 0. The van der Waals surface area contributed by atoms with Crippen molar-refractivity contribution in [3.8, 4) is 17.6 Å². The summed E-state index contributed by atoms with van der Waals surface area (Å²) in [5.74, 6) is 5.29. The van der Waals surface area contributed by atoms with E-state index in [-0.39, 0.29) is 18.2 Å². The van der Waals surface area contributed by atoms with Gasteiger partial charge in [-0.2, -0.15) is 0 Å². The molecule has 0 saturated carbocycles. The maximum atomic E-state index is 13.5. The predicted octanol–water partition coefficient (Wildman–Crippen LogP) is 6.81. The van der Waals surface area contributed by atoms with Crippen molar-refractivity contribution in [2.45, 2.75) is 34.1 Å². The number of hydrogen-bond donors (Lipinski definition) is 0. The molecule has 0 spiro atoms. The van der Waals surface area contributed by atoms with E-state index in [1.165, 1.54) is 24.3 Å². The lowest BCUT2D eigenvalue weighted by atomic mass is 10.1. The number of benzene rings is 4. The molecule has 4 rings (SSSR count). The van der Waals surface area contributed by atoms with Crippen LogP contribution in [0, 0.1) is 23.5 Å². The summed E-state index contributed by atoms with van der Waals surface area (Å²) in [6.07, 6.45) is 0. The third-order valence-electron chi connectivity index (χ3n) is 5.17. The third kappa shape index (κ3) is 7.45. The van der Waals surface area contributed by atoms with Gasteiger partial charge < -0.3 is 9.47 Å². The number of carbonyl (C=O) groups is 1. The molecule has 0 radical (unpaired) electrons. The van der Waals surface area contributed by atoms with Crippen LogP contribution in [0.1, 0.15) is 19.4 Å². The maximum absolute atomic E-state index is 13.5. The molecule has 0 N–H and O–H groups in total. The summed E-state index contributed by atoms with van der Waals surface area (Å²) < 4.78 is 38.2. The van der Waals surface area contributed by atoms with Crippen LogP contribution in [0.5, 0.6) is 5.75 Å². The second-order valence-corrected chi connectivity index (χ2v) is 10.6. The zero-order valence-electron chi connectivity index (χ0n) is 20.4. The van der Waals surface area contributed by atoms with E-state index in [0.717, 1.165) is 20.2 Å². The Labute approximate surface area is 218 Å². The van der Waals surface area contributed by atoms with Gasteiger partial charge in [-0.15, -0.1) is 0 Å². The van der Waals surface area contributed by atoms with Crippen molar-refractivity contribution >= 4 is 16.9 Å². The Morgan fingerprint density at radius 2 is 1.24 bits per heavy atom. The minimum atomic E-state index is -0.973. The highest BCUT2D eigenvalue weighted by Crippen LogP contribution is 2.32. The molecule has 186 valence electrons. The molecule has 3 nitrogen and oxygen atoms in total. The lowest BCUT2D eigenvalue weighted by molar-refractivity contribution is -0.154. The molecule has 4 aromatic carbocycles. The average molecular weight is 516 g/mol. The molecule has 0 heterocycles. The van der Waals surface area contributed by atoms with Crippen LogP contribution < -0.4 is 4.74 Å². The Kier molecular flexibility index (Phi) is 8.27. The largest absolute Gasteiger partial charge is 0.482 e. The molecule has 0 atom stereocenters. The highest BCUT2D eigenvalue weighted by molar-refractivity contribution is 7.97. The molecular formula is C31H25F2O3S+. The van der Waals surface area contributed by atoms with Crippen LogP contribution in [0.2, 0.25) is 0 Å². The number of ether oxygens (including phenoxy) is 2. The molecule has 0 aliphatic rings. The van der Waals surface area contributed by atoms with E-state index in [9.17, 15) is 13.6 Å². The minimum Gasteiger partial charge on any atom is -0.482 e. The van der Waals surface area contributed by atoms with E-state index < -0.39 is 22.5 Å². The van der Waals surface area contributed by atoms with Gasteiger partial charge in [0.2, 0.25) is 0 Å². The van der Waals surface area contributed by atoms with Crippen LogP contribution in [0.4, 0.5) is 8.78 Å². The molecule has 0 aliphatic carbocycles. The zero-order valence-corrected chi connectivity index (χ0v) is 21.2. The summed E-state index contributed by atoms with van der Waals surface area (Å²) in [4.78, 5) is 15.1. The first-order valence-electron chi connectivity index (χ1n) is 11.6.